The van der Waals surface area contributed by atoms with E-state index in [0.717, 1.165) is 31.7 Å². The number of piperidine rings is 2. The molecule has 0 aliphatic carbocycles. The highest BCUT2D eigenvalue weighted by molar-refractivity contribution is 6.30. The van der Waals surface area contributed by atoms with Gasteiger partial charge in [-0.15, -0.1) is 0 Å². The second-order valence-corrected chi connectivity index (χ2v) is 9.66. The van der Waals surface area contributed by atoms with Gasteiger partial charge in [0.05, 0.1) is 5.56 Å². The molecule has 0 bridgehead atoms. The zero-order valence-electron chi connectivity index (χ0n) is 19.8. The molecule has 2 saturated heterocycles. The van der Waals surface area contributed by atoms with Gasteiger partial charge in [0.15, 0.2) is 0 Å². The second-order valence-electron chi connectivity index (χ2n) is 9.22. The van der Waals surface area contributed by atoms with E-state index in [4.69, 9.17) is 16.3 Å². The smallest absolute Gasteiger partial charge is 0.257 e. The number of hydrogen-bond donors (Lipinski definition) is 0. The maximum absolute atomic E-state index is 13.2. The molecule has 0 spiro atoms. The van der Waals surface area contributed by atoms with Crippen molar-refractivity contribution >= 4 is 29.4 Å². The van der Waals surface area contributed by atoms with Crippen LogP contribution >= 0.6 is 11.6 Å². The van der Waals surface area contributed by atoms with Crippen LogP contribution in [0.1, 0.15) is 42.5 Å². The third-order valence-electron chi connectivity index (χ3n) is 6.48. The fraction of sp³-hybridized carbons (Fsp3) is 0.520. The Labute approximate surface area is 205 Å². The number of ether oxygens (including phenoxy) is 1. The largest absolute Gasteiger partial charge is 0.490 e. The molecule has 182 valence electrons. The fourth-order valence-electron chi connectivity index (χ4n) is 4.58. The lowest BCUT2D eigenvalue weighted by molar-refractivity contribution is -0.134. The van der Waals surface area contributed by atoms with E-state index in [1.54, 1.807) is 34.3 Å². The minimum absolute atomic E-state index is 0.107. The zero-order chi connectivity index (χ0) is 24.1. The van der Waals surface area contributed by atoms with Crippen LogP contribution in [-0.4, -0.2) is 78.0 Å². The van der Waals surface area contributed by atoms with Gasteiger partial charge in [0.2, 0.25) is 11.9 Å². The number of aromatic nitrogens is 2. The molecular weight excluding hydrogens is 454 g/mol. The van der Waals surface area contributed by atoms with Crippen molar-refractivity contribution in [2.24, 2.45) is 5.92 Å². The number of hydrogen-bond acceptors (Lipinski definition) is 6. The summed E-state index contributed by atoms with van der Waals surface area (Å²) in [4.78, 5) is 40.4. The lowest BCUT2D eigenvalue weighted by Gasteiger charge is -2.39. The van der Waals surface area contributed by atoms with Gasteiger partial charge in [-0.1, -0.05) is 11.6 Å². The third-order valence-corrected chi connectivity index (χ3v) is 6.74. The number of halogens is 1. The van der Waals surface area contributed by atoms with Gasteiger partial charge in [0, 0.05) is 76.5 Å². The summed E-state index contributed by atoms with van der Waals surface area (Å²) >= 11 is 6.01. The fourth-order valence-corrected chi connectivity index (χ4v) is 4.70. The highest BCUT2D eigenvalue weighted by Crippen LogP contribution is 2.28. The first-order valence-corrected chi connectivity index (χ1v) is 12.3. The molecule has 2 atom stereocenters. The van der Waals surface area contributed by atoms with Crippen LogP contribution in [0.5, 0.6) is 5.75 Å². The Morgan fingerprint density at radius 3 is 2.35 bits per heavy atom. The number of nitrogens with zero attached hydrogens (tertiary/aromatic N) is 5. The van der Waals surface area contributed by atoms with Gasteiger partial charge in [-0.3, -0.25) is 9.59 Å². The van der Waals surface area contributed by atoms with Crippen LogP contribution in [0, 0.1) is 5.92 Å². The molecule has 3 heterocycles. The molecule has 0 saturated carbocycles. The summed E-state index contributed by atoms with van der Waals surface area (Å²) in [5, 5.41) is 0.645. The Morgan fingerprint density at radius 1 is 1.03 bits per heavy atom. The van der Waals surface area contributed by atoms with Crippen LogP contribution in [0.15, 0.2) is 36.7 Å². The highest BCUT2D eigenvalue weighted by Gasteiger charge is 2.36. The number of rotatable bonds is 6. The summed E-state index contributed by atoms with van der Waals surface area (Å²) in [5.74, 6) is 1.19. The molecule has 8 nitrogen and oxygen atoms in total. The number of amides is 2. The van der Waals surface area contributed by atoms with Gasteiger partial charge in [-0.25, -0.2) is 9.97 Å². The predicted octanol–water partition coefficient (Wildman–Crippen LogP) is 3.51. The number of carbonyl (C=O) groups excluding carboxylic acids is 2. The standard InChI is InChI=1S/C25H32ClN5O3/c1-29(2)25-27-15-19(16-28-25)24(33)31-13-10-22(34-21-8-6-20(26)7-9-21)18(17-31)14-23(32)30-11-4-3-5-12-30/h6-9,15-16,18,22H,3-5,10-14,17H2,1-2H3/t18-,22-/m0/s1. The zero-order valence-corrected chi connectivity index (χ0v) is 20.6. The van der Waals surface area contributed by atoms with Gasteiger partial charge in [-0.2, -0.15) is 0 Å². The second kappa shape index (κ2) is 11.0. The van der Waals surface area contributed by atoms with E-state index in [2.05, 4.69) is 9.97 Å². The van der Waals surface area contributed by atoms with E-state index in [-0.39, 0.29) is 23.8 Å². The Balaban J connectivity index is 1.48. The van der Waals surface area contributed by atoms with Crippen molar-refractivity contribution in [3.05, 3.63) is 47.2 Å². The summed E-state index contributed by atoms with van der Waals surface area (Å²) in [7, 11) is 3.71. The van der Waals surface area contributed by atoms with E-state index in [9.17, 15) is 9.59 Å². The monoisotopic (exact) mass is 485 g/mol. The van der Waals surface area contributed by atoms with Crippen molar-refractivity contribution in [3.63, 3.8) is 0 Å². The Morgan fingerprint density at radius 2 is 1.71 bits per heavy atom. The minimum Gasteiger partial charge on any atom is -0.490 e. The maximum atomic E-state index is 13.2. The van der Waals surface area contributed by atoms with E-state index in [1.165, 1.54) is 6.42 Å². The maximum Gasteiger partial charge on any atom is 0.257 e. The number of benzene rings is 1. The SMILES string of the molecule is CN(C)c1ncc(C(=O)N2CC[C@H](Oc3ccc(Cl)cc3)[C@@H](CC(=O)N3CCCCC3)C2)cn1. The molecule has 1 aromatic carbocycles. The average molecular weight is 486 g/mol. The Bertz CT molecular complexity index is 977. The van der Waals surface area contributed by atoms with Crippen LogP contribution in [-0.2, 0) is 4.79 Å². The van der Waals surface area contributed by atoms with Crippen molar-refractivity contribution in [1.82, 2.24) is 19.8 Å². The van der Waals surface area contributed by atoms with Crippen molar-refractivity contribution in [1.29, 1.82) is 0 Å². The summed E-state index contributed by atoms with van der Waals surface area (Å²) < 4.78 is 6.29. The van der Waals surface area contributed by atoms with Gasteiger partial charge in [0.1, 0.15) is 11.9 Å². The number of anilines is 1. The molecular formula is C25H32ClN5O3. The van der Waals surface area contributed by atoms with Crippen LogP contribution in [0.3, 0.4) is 0 Å². The average Bonchev–Trinajstić information content (AvgIpc) is 2.86. The molecule has 9 heteroatoms. The van der Waals surface area contributed by atoms with Gasteiger partial charge < -0.3 is 19.4 Å². The number of likely N-dealkylation sites (tertiary alicyclic amines) is 2. The van der Waals surface area contributed by atoms with Crippen molar-refractivity contribution in [2.45, 2.75) is 38.2 Å². The molecule has 4 rings (SSSR count). The molecule has 2 amide bonds. The predicted molar refractivity (Wildman–Crippen MR) is 131 cm³/mol. The van der Waals surface area contributed by atoms with Gasteiger partial charge in [-0.05, 0) is 43.5 Å². The summed E-state index contributed by atoms with van der Waals surface area (Å²) in [6.45, 7) is 2.62. The van der Waals surface area contributed by atoms with Crippen molar-refractivity contribution < 1.29 is 14.3 Å². The van der Waals surface area contributed by atoms with E-state index in [0.29, 0.717) is 42.5 Å². The van der Waals surface area contributed by atoms with E-state index >= 15 is 0 Å². The van der Waals surface area contributed by atoms with Gasteiger partial charge in [0.25, 0.3) is 5.91 Å². The Kier molecular flexibility index (Phi) is 7.88. The molecule has 0 N–H and O–H groups in total. The molecule has 2 aliphatic heterocycles. The first-order valence-electron chi connectivity index (χ1n) is 11.9. The lowest BCUT2D eigenvalue weighted by atomic mass is 9.90. The van der Waals surface area contributed by atoms with E-state index in [1.807, 2.05) is 31.1 Å². The number of carbonyl (C=O) groups is 2. The van der Waals surface area contributed by atoms with Crippen molar-refractivity contribution in [3.8, 4) is 5.75 Å². The summed E-state index contributed by atoms with van der Waals surface area (Å²) in [5.41, 5.74) is 0.448. The molecule has 2 aromatic rings. The lowest BCUT2D eigenvalue weighted by Crippen LogP contribution is -2.50. The molecule has 2 aliphatic rings. The molecule has 1 aromatic heterocycles. The third kappa shape index (κ3) is 5.97. The van der Waals surface area contributed by atoms with Crippen LogP contribution in [0.25, 0.3) is 0 Å². The van der Waals surface area contributed by atoms with Crippen LogP contribution in [0.2, 0.25) is 5.02 Å². The van der Waals surface area contributed by atoms with Crippen molar-refractivity contribution in [2.75, 3.05) is 45.2 Å². The summed E-state index contributed by atoms with van der Waals surface area (Å²) in [6.07, 6.45) is 7.24. The normalized spacial score (nSPS) is 20.7. The molecule has 0 unspecified atom stereocenters. The molecule has 34 heavy (non-hydrogen) atoms. The summed E-state index contributed by atoms with van der Waals surface area (Å²) in [6, 6.07) is 7.27. The molecule has 0 radical (unpaired) electrons. The highest BCUT2D eigenvalue weighted by atomic mass is 35.5. The molecule has 2 fully saturated rings. The van der Waals surface area contributed by atoms with Gasteiger partial charge >= 0.3 is 0 Å². The van der Waals surface area contributed by atoms with Crippen LogP contribution < -0.4 is 9.64 Å². The quantitative estimate of drug-likeness (QED) is 0.623. The van der Waals surface area contributed by atoms with E-state index < -0.39 is 0 Å². The Hall–Kier alpha value is -2.87. The topological polar surface area (TPSA) is 78.9 Å². The first-order chi connectivity index (χ1) is 16.4. The first kappa shape index (κ1) is 24.3. The van der Waals surface area contributed by atoms with Crippen LogP contribution in [0.4, 0.5) is 5.95 Å². The minimum atomic E-state index is -0.161.